The summed E-state index contributed by atoms with van der Waals surface area (Å²) >= 11 is 0. The van der Waals surface area contributed by atoms with E-state index in [1.54, 1.807) is 12.1 Å². The molecule has 0 aromatic heterocycles. The maximum Gasteiger partial charge on any atom is 0.273 e. The number of hydrogen-bond donors (Lipinski definition) is 0. The van der Waals surface area contributed by atoms with Gasteiger partial charge >= 0.3 is 0 Å². The van der Waals surface area contributed by atoms with Gasteiger partial charge in [0.05, 0.1) is 29.6 Å². The molecule has 5 heteroatoms. The smallest absolute Gasteiger partial charge is 0.273 e. The number of nitro benzene ring substituents is 1. The molecular formula is C15H18N2O3. The molecule has 0 amide bonds. The Hall–Kier alpha value is -2.09. The van der Waals surface area contributed by atoms with Gasteiger partial charge in [0, 0.05) is 6.07 Å². The van der Waals surface area contributed by atoms with Crippen LogP contribution in [0.3, 0.4) is 0 Å². The topological polar surface area (TPSA) is 76.2 Å². The van der Waals surface area contributed by atoms with Gasteiger partial charge in [-0.15, -0.1) is 0 Å². The second-order valence-corrected chi connectivity index (χ2v) is 5.71. The third kappa shape index (κ3) is 2.90. The normalized spacial score (nSPS) is 25.1. The summed E-state index contributed by atoms with van der Waals surface area (Å²) in [5, 5.41) is 20.4. The van der Waals surface area contributed by atoms with Crippen LogP contribution in [-0.2, 0) is 6.42 Å². The SMILES string of the molecule is COc1cc(CC2(C#N)CCC(C)C2)cc([N+](=O)[O-])c1. The third-order valence-corrected chi connectivity index (χ3v) is 4.03. The standard InChI is InChI=1S/C15H18N2O3/c1-11-3-4-15(8-11,10-16)9-12-5-13(17(18)19)7-14(6-12)20-2/h5-7,11H,3-4,8-9H2,1-2H3. The Bertz CT molecular complexity index is 565. The van der Waals surface area contributed by atoms with E-state index in [1.807, 2.05) is 0 Å². The van der Waals surface area contributed by atoms with Crippen LogP contribution in [0.5, 0.6) is 5.75 Å². The zero-order valence-electron chi connectivity index (χ0n) is 11.8. The van der Waals surface area contributed by atoms with Gasteiger partial charge in [0.25, 0.3) is 5.69 Å². The molecule has 1 aliphatic carbocycles. The van der Waals surface area contributed by atoms with Gasteiger partial charge in [-0.05, 0) is 43.2 Å². The van der Waals surface area contributed by atoms with Gasteiger partial charge in [0.15, 0.2) is 0 Å². The predicted molar refractivity (Wildman–Crippen MR) is 74.4 cm³/mol. The Morgan fingerprint density at radius 2 is 2.30 bits per heavy atom. The van der Waals surface area contributed by atoms with E-state index in [9.17, 15) is 15.4 Å². The van der Waals surface area contributed by atoms with E-state index in [2.05, 4.69) is 13.0 Å². The number of benzene rings is 1. The van der Waals surface area contributed by atoms with E-state index in [4.69, 9.17) is 4.74 Å². The van der Waals surface area contributed by atoms with Gasteiger partial charge in [0.2, 0.25) is 0 Å². The van der Waals surface area contributed by atoms with Crippen molar-refractivity contribution in [3.63, 3.8) is 0 Å². The van der Waals surface area contributed by atoms with Gasteiger partial charge in [-0.1, -0.05) is 6.92 Å². The highest BCUT2D eigenvalue weighted by molar-refractivity contribution is 5.43. The zero-order chi connectivity index (χ0) is 14.8. The number of nitro groups is 1. The fourth-order valence-electron chi connectivity index (χ4n) is 3.05. The molecule has 1 aromatic rings. The van der Waals surface area contributed by atoms with Gasteiger partial charge < -0.3 is 4.74 Å². The summed E-state index contributed by atoms with van der Waals surface area (Å²) in [6, 6.07) is 7.17. The van der Waals surface area contributed by atoms with Crippen LogP contribution in [0.1, 0.15) is 31.7 Å². The maximum absolute atomic E-state index is 10.9. The minimum atomic E-state index is -0.428. The van der Waals surface area contributed by atoms with E-state index < -0.39 is 4.92 Å². The molecule has 0 radical (unpaired) electrons. The molecule has 2 rings (SSSR count). The Morgan fingerprint density at radius 1 is 1.55 bits per heavy atom. The lowest BCUT2D eigenvalue weighted by atomic mass is 9.81. The van der Waals surface area contributed by atoms with Gasteiger partial charge in [0.1, 0.15) is 5.75 Å². The van der Waals surface area contributed by atoms with Crippen molar-refractivity contribution >= 4 is 5.69 Å². The van der Waals surface area contributed by atoms with Crippen molar-refractivity contribution in [2.45, 2.75) is 32.6 Å². The first-order chi connectivity index (χ1) is 9.48. The molecule has 0 aliphatic heterocycles. The van der Waals surface area contributed by atoms with Crippen molar-refractivity contribution < 1.29 is 9.66 Å². The number of nitriles is 1. The summed E-state index contributed by atoms with van der Waals surface area (Å²) in [6.07, 6.45) is 3.30. The van der Waals surface area contributed by atoms with Crippen LogP contribution in [0, 0.1) is 32.8 Å². The van der Waals surface area contributed by atoms with Crippen LogP contribution in [0.2, 0.25) is 0 Å². The molecule has 20 heavy (non-hydrogen) atoms. The Labute approximate surface area is 118 Å². The molecule has 1 fully saturated rings. The average Bonchev–Trinajstić information content (AvgIpc) is 2.80. The van der Waals surface area contributed by atoms with Crippen LogP contribution in [0.4, 0.5) is 5.69 Å². The maximum atomic E-state index is 10.9. The van der Waals surface area contributed by atoms with Crippen LogP contribution in [-0.4, -0.2) is 12.0 Å². The molecule has 0 spiro atoms. The van der Waals surface area contributed by atoms with Crippen LogP contribution in [0.25, 0.3) is 0 Å². The van der Waals surface area contributed by atoms with E-state index in [0.29, 0.717) is 18.1 Å². The molecule has 0 saturated heterocycles. The molecule has 2 unspecified atom stereocenters. The molecule has 0 heterocycles. The summed E-state index contributed by atoms with van der Waals surface area (Å²) in [6.45, 7) is 2.15. The largest absolute Gasteiger partial charge is 0.496 e. The fourth-order valence-corrected chi connectivity index (χ4v) is 3.05. The lowest BCUT2D eigenvalue weighted by molar-refractivity contribution is -0.385. The van der Waals surface area contributed by atoms with Crippen molar-refractivity contribution in [1.29, 1.82) is 5.26 Å². The summed E-state index contributed by atoms with van der Waals surface area (Å²) in [5.41, 5.74) is 0.421. The highest BCUT2D eigenvalue weighted by Crippen LogP contribution is 2.44. The molecule has 1 aliphatic rings. The Morgan fingerprint density at radius 3 is 2.80 bits per heavy atom. The lowest BCUT2D eigenvalue weighted by Crippen LogP contribution is -2.18. The number of ether oxygens (including phenoxy) is 1. The molecule has 1 saturated carbocycles. The summed E-state index contributed by atoms with van der Waals surface area (Å²) in [4.78, 5) is 10.5. The molecule has 0 bridgehead atoms. The van der Waals surface area contributed by atoms with Crippen LogP contribution in [0.15, 0.2) is 18.2 Å². The van der Waals surface area contributed by atoms with Crippen molar-refractivity contribution in [1.82, 2.24) is 0 Å². The predicted octanol–water partition coefficient (Wildman–Crippen LogP) is 3.48. The number of non-ortho nitro benzene ring substituents is 1. The van der Waals surface area contributed by atoms with Crippen LogP contribution < -0.4 is 4.74 Å². The zero-order valence-corrected chi connectivity index (χ0v) is 11.8. The molecule has 2 atom stereocenters. The number of rotatable bonds is 4. The number of hydrogen-bond acceptors (Lipinski definition) is 4. The second kappa shape index (κ2) is 5.49. The minimum absolute atomic E-state index is 0.0125. The van der Waals surface area contributed by atoms with Crippen molar-refractivity contribution in [2.24, 2.45) is 11.3 Å². The van der Waals surface area contributed by atoms with Gasteiger partial charge in [-0.3, -0.25) is 10.1 Å². The first kappa shape index (κ1) is 14.3. The van der Waals surface area contributed by atoms with E-state index in [0.717, 1.165) is 24.8 Å². The number of nitrogens with zero attached hydrogens (tertiary/aromatic N) is 2. The fraction of sp³-hybridized carbons (Fsp3) is 0.533. The highest BCUT2D eigenvalue weighted by atomic mass is 16.6. The van der Waals surface area contributed by atoms with Crippen molar-refractivity contribution in [2.75, 3.05) is 7.11 Å². The molecule has 0 N–H and O–H groups in total. The monoisotopic (exact) mass is 274 g/mol. The Balaban J connectivity index is 2.31. The highest BCUT2D eigenvalue weighted by Gasteiger charge is 2.38. The third-order valence-electron chi connectivity index (χ3n) is 4.03. The van der Waals surface area contributed by atoms with E-state index >= 15 is 0 Å². The van der Waals surface area contributed by atoms with E-state index in [-0.39, 0.29) is 11.1 Å². The van der Waals surface area contributed by atoms with Crippen molar-refractivity contribution in [3.8, 4) is 11.8 Å². The van der Waals surface area contributed by atoms with Gasteiger partial charge in [-0.2, -0.15) is 5.26 Å². The van der Waals surface area contributed by atoms with Gasteiger partial charge in [-0.25, -0.2) is 0 Å². The minimum Gasteiger partial charge on any atom is -0.496 e. The quantitative estimate of drug-likeness (QED) is 0.622. The first-order valence-corrected chi connectivity index (χ1v) is 6.71. The average molecular weight is 274 g/mol. The second-order valence-electron chi connectivity index (χ2n) is 5.71. The summed E-state index contributed by atoms with van der Waals surface area (Å²) in [5.74, 6) is 1.00. The van der Waals surface area contributed by atoms with Crippen LogP contribution >= 0.6 is 0 Å². The molecule has 5 nitrogen and oxygen atoms in total. The lowest BCUT2D eigenvalue weighted by Gasteiger charge is -2.20. The number of methoxy groups -OCH3 is 1. The molecular weight excluding hydrogens is 256 g/mol. The molecule has 1 aromatic carbocycles. The van der Waals surface area contributed by atoms with E-state index in [1.165, 1.54) is 13.2 Å². The summed E-state index contributed by atoms with van der Waals surface area (Å²) in [7, 11) is 1.49. The molecule has 106 valence electrons. The van der Waals surface area contributed by atoms with Crippen molar-refractivity contribution in [3.05, 3.63) is 33.9 Å². The summed E-state index contributed by atoms with van der Waals surface area (Å²) < 4.78 is 5.11. The Kier molecular flexibility index (Phi) is 3.93. The first-order valence-electron chi connectivity index (χ1n) is 6.71.